The van der Waals surface area contributed by atoms with Gasteiger partial charge in [-0.1, -0.05) is 165 Å². The smallest absolute Gasteiger partial charge is 0.306 e. The molecule has 0 aromatic heterocycles. The maximum atomic E-state index is 12.2. The molecule has 1 atom stereocenters. The summed E-state index contributed by atoms with van der Waals surface area (Å²) < 4.78 is 10.6. The largest absolute Gasteiger partial charge is 0.462 e. The average molecular weight is 701 g/mol. The minimum atomic E-state index is -0.780. The number of aliphatic hydroxyl groups excluding tert-OH is 1. The van der Waals surface area contributed by atoms with Crippen molar-refractivity contribution in [3.8, 4) is 0 Å². The monoisotopic (exact) mass is 701 g/mol. The average Bonchev–Trinajstić information content (AvgIpc) is 3.12. The molecule has 0 rings (SSSR count). The first-order valence-corrected chi connectivity index (χ1v) is 21.2. The zero-order valence-corrected chi connectivity index (χ0v) is 32.9. The highest BCUT2D eigenvalue weighted by atomic mass is 16.6. The SMILES string of the molecule is CCCCC/C=C\C/C=C\C/C=C\CCCCCCCCC(=O)O[C@@H](CO)COC(=O)CCCCCCCCC/C=C\CCCCCCCC. The third-order valence-corrected chi connectivity index (χ3v) is 9.10. The Morgan fingerprint density at radius 2 is 0.800 bits per heavy atom. The number of unbranched alkanes of at least 4 members (excludes halogenated alkanes) is 22. The van der Waals surface area contributed by atoms with E-state index in [-0.39, 0.29) is 25.2 Å². The van der Waals surface area contributed by atoms with Crippen LogP contribution in [0.25, 0.3) is 0 Å². The van der Waals surface area contributed by atoms with Crippen LogP contribution in [0.1, 0.15) is 206 Å². The van der Waals surface area contributed by atoms with E-state index in [2.05, 4.69) is 62.5 Å². The van der Waals surface area contributed by atoms with E-state index in [1.165, 1.54) is 122 Å². The van der Waals surface area contributed by atoms with Crippen LogP contribution < -0.4 is 0 Å². The van der Waals surface area contributed by atoms with Crippen LogP contribution in [-0.4, -0.2) is 36.4 Å². The van der Waals surface area contributed by atoms with Gasteiger partial charge in [0.05, 0.1) is 6.61 Å². The van der Waals surface area contributed by atoms with Gasteiger partial charge in [-0.25, -0.2) is 0 Å². The zero-order chi connectivity index (χ0) is 36.4. The lowest BCUT2D eigenvalue weighted by Crippen LogP contribution is -2.28. The fourth-order valence-corrected chi connectivity index (χ4v) is 5.85. The molecule has 1 N–H and O–H groups in total. The summed E-state index contributed by atoms with van der Waals surface area (Å²) in [5, 5.41) is 9.57. The lowest BCUT2D eigenvalue weighted by molar-refractivity contribution is -0.161. The van der Waals surface area contributed by atoms with Gasteiger partial charge in [0.25, 0.3) is 0 Å². The van der Waals surface area contributed by atoms with Crippen molar-refractivity contribution in [1.29, 1.82) is 0 Å². The first-order chi connectivity index (χ1) is 24.6. The minimum Gasteiger partial charge on any atom is -0.462 e. The summed E-state index contributed by atoms with van der Waals surface area (Å²) in [5.74, 6) is -0.609. The Labute approximate surface area is 309 Å². The molecule has 0 aliphatic heterocycles. The quantitative estimate of drug-likeness (QED) is 0.0394. The number of carbonyl (C=O) groups is 2. The molecule has 50 heavy (non-hydrogen) atoms. The van der Waals surface area contributed by atoms with Gasteiger partial charge in [-0.05, 0) is 77.0 Å². The molecule has 5 heteroatoms. The Bertz CT molecular complexity index is 842. The van der Waals surface area contributed by atoms with E-state index in [1.807, 2.05) is 0 Å². The van der Waals surface area contributed by atoms with Crippen molar-refractivity contribution in [3.63, 3.8) is 0 Å². The molecule has 0 saturated carbocycles. The molecule has 290 valence electrons. The van der Waals surface area contributed by atoms with Gasteiger partial charge in [0, 0.05) is 12.8 Å². The Morgan fingerprint density at radius 3 is 1.26 bits per heavy atom. The fourth-order valence-electron chi connectivity index (χ4n) is 5.85. The highest BCUT2D eigenvalue weighted by Crippen LogP contribution is 2.13. The molecule has 0 fully saturated rings. The van der Waals surface area contributed by atoms with Gasteiger partial charge in [0.1, 0.15) is 6.61 Å². The van der Waals surface area contributed by atoms with Gasteiger partial charge in [-0.2, -0.15) is 0 Å². The number of aliphatic hydroxyl groups is 1. The van der Waals surface area contributed by atoms with Gasteiger partial charge in [-0.15, -0.1) is 0 Å². The third-order valence-electron chi connectivity index (χ3n) is 9.10. The molecule has 0 amide bonds. The number of carbonyl (C=O) groups excluding carboxylic acids is 2. The predicted molar refractivity (Wildman–Crippen MR) is 214 cm³/mol. The second-order valence-electron chi connectivity index (χ2n) is 14.1. The van der Waals surface area contributed by atoms with Crippen LogP contribution in [-0.2, 0) is 19.1 Å². The van der Waals surface area contributed by atoms with E-state index in [0.29, 0.717) is 12.8 Å². The summed E-state index contributed by atoms with van der Waals surface area (Å²) in [7, 11) is 0. The molecule has 0 aliphatic rings. The highest BCUT2D eigenvalue weighted by Gasteiger charge is 2.16. The van der Waals surface area contributed by atoms with Gasteiger partial charge >= 0.3 is 11.9 Å². The van der Waals surface area contributed by atoms with E-state index in [1.54, 1.807) is 0 Å². The topological polar surface area (TPSA) is 72.8 Å². The van der Waals surface area contributed by atoms with Crippen molar-refractivity contribution in [2.24, 2.45) is 0 Å². The summed E-state index contributed by atoms with van der Waals surface area (Å²) >= 11 is 0. The van der Waals surface area contributed by atoms with Gasteiger partial charge in [0.2, 0.25) is 0 Å². The Kier molecular flexibility index (Phi) is 39.5. The molecule has 0 bridgehead atoms. The number of allylic oxidation sites excluding steroid dienone is 8. The number of hydrogen-bond acceptors (Lipinski definition) is 5. The molecule has 0 saturated heterocycles. The number of hydrogen-bond donors (Lipinski definition) is 1. The minimum absolute atomic E-state index is 0.0737. The second kappa shape index (κ2) is 41.3. The van der Waals surface area contributed by atoms with E-state index >= 15 is 0 Å². The maximum absolute atomic E-state index is 12.2. The first-order valence-electron chi connectivity index (χ1n) is 21.2. The van der Waals surface area contributed by atoms with Crippen LogP contribution in [0.15, 0.2) is 48.6 Å². The molecule has 5 nitrogen and oxygen atoms in total. The normalized spacial score (nSPS) is 12.6. The molecule has 0 spiro atoms. The van der Waals surface area contributed by atoms with Crippen LogP contribution in [0.5, 0.6) is 0 Å². The van der Waals surface area contributed by atoms with Gasteiger partial charge in [-0.3, -0.25) is 9.59 Å². The lowest BCUT2D eigenvalue weighted by Gasteiger charge is -2.15. The standard InChI is InChI=1S/C45H80O5/c1-3-5-7-9-11-13-15-17-19-21-22-24-26-28-30-32-34-36-38-40-45(48)50-43(41-46)42-49-44(47)39-37-35-33-31-29-27-25-23-20-18-16-14-12-10-8-6-4-2/h11,13,17-20,22,24,43,46H,3-10,12,14-16,21,23,25-42H2,1-2H3/b13-11-,19-17-,20-18-,24-22-/t43-/m0/s1. The van der Waals surface area contributed by atoms with Crippen molar-refractivity contribution >= 4 is 11.9 Å². The molecule has 0 heterocycles. The number of ether oxygens (including phenoxy) is 2. The predicted octanol–water partition coefficient (Wildman–Crippen LogP) is 13.4. The number of esters is 2. The molecule has 0 aromatic rings. The van der Waals surface area contributed by atoms with Crippen LogP contribution in [0.3, 0.4) is 0 Å². The second-order valence-corrected chi connectivity index (χ2v) is 14.1. The third kappa shape index (κ3) is 38.7. The van der Waals surface area contributed by atoms with Crippen LogP contribution >= 0.6 is 0 Å². The summed E-state index contributed by atoms with van der Waals surface area (Å²) in [5.41, 5.74) is 0. The summed E-state index contributed by atoms with van der Waals surface area (Å²) in [6.45, 7) is 4.09. The van der Waals surface area contributed by atoms with Crippen LogP contribution in [0.2, 0.25) is 0 Å². The molecular weight excluding hydrogens is 620 g/mol. The molecule has 0 unspecified atom stereocenters. The first kappa shape index (κ1) is 47.9. The Hall–Kier alpha value is -2.14. The molecular formula is C45H80O5. The van der Waals surface area contributed by atoms with E-state index in [9.17, 15) is 14.7 Å². The summed E-state index contributed by atoms with van der Waals surface area (Å²) in [6.07, 6.45) is 51.7. The van der Waals surface area contributed by atoms with E-state index < -0.39 is 6.10 Å². The van der Waals surface area contributed by atoms with Crippen molar-refractivity contribution < 1.29 is 24.2 Å². The summed E-state index contributed by atoms with van der Waals surface area (Å²) in [6, 6.07) is 0. The fraction of sp³-hybridized carbons (Fsp3) is 0.778. The van der Waals surface area contributed by atoms with E-state index in [0.717, 1.165) is 57.8 Å². The lowest BCUT2D eigenvalue weighted by atomic mass is 10.1. The van der Waals surface area contributed by atoms with Crippen molar-refractivity contribution in [1.82, 2.24) is 0 Å². The van der Waals surface area contributed by atoms with Gasteiger partial charge < -0.3 is 14.6 Å². The zero-order valence-electron chi connectivity index (χ0n) is 32.9. The molecule has 0 aromatic carbocycles. The van der Waals surface area contributed by atoms with Crippen molar-refractivity contribution in [2.45, 2.75) is 213 Å². The summed E-state index contributed by atoms with van der Waals surface area (Å²) in [4.78, 5) is 24.3. The van der Waals surface area contributed by atoms with Crippen molar-refractivity contribution in [2.75, 3.05) is 13.2 Å². The van der Waals surface area contributed by atoms with Crippen LogP contribution in [0, 0.1) is 0 Å². The van der Waals surface area contributed by atoms with Gasteiger partial charge in [0.15, 0.2) is 6.10 Å². The molecule has 0 aliphatic carbocycles. The Morgan fingerprint density at radius 1 is 0.460 bits per heavy atom. The maximum Gasteiger partial charge on any atom is 0.306 e. The van der Waals surface area contributed by atoms with E-state index in [4.69, 9.17) is 9.47 Å². The Balaban J connectivity index is 3.58. The van der Waals surface area contributed by atoms with Crippen LogP contribution in [0.4, 0.5) is 0 Å². The van der Waals surface area contributed by atoms with Crippen molar-refractivity contribution in [3.05, 3.63) is 48.6 Å². The molecule has 0 radical (unpaired) electrons. The highest BCUT2D eigenvalue weighted by molar-refractivity contribution is 5.70. The number of rotatable bonds is 38.